The molecule has 0 saturated carbocycles. The number of hydrogen-bond donors (Lipinski definition) is 2. The fourth-order valence-corrected chi connectivity index (χ4v) is 3.94. The molecule has 190 valence electrons. The third kappa shape index (κ3) is 5.90. The van der Waals surface area contributed by atoms with Gasteiger partial charge in [0.25, 0.3) is 5.56 Å². The second-order valence-corrected chi connectivity index (χ2v) is 8.92. The molecule has 11 nitrogen and oxygen atoms in total. The number of esters is 1. The van der Waals surface area contributed by atoms with E-state index in [4.69, 9.17) is 9.15 Å². The Labute approximate surface area is 202 Å². The van der Waals surface area contributed by atoms with Crippen molar-refractivity contribution in [1.82, 2.24) is 24.4 Å². The fourth-order valence-electron chi connectivity index (χ4n) is 3.94. The van der Waals surface area contributed by atoms with Crippen molar-refractivity contribution in [2.45, 2.75) is 73.0 Å². The number of carbonyl (C=O) groups excluding carboxylic acids is 2. The molecule has 0 aliphatic heterocycles. The molecule has 0 aliphatic rings. The predicted octanol–water partition coefficient (Wildman–Crippen LogP) is 2.28. The summed E-state index contributed by atoms with van der Waals surface area (Å²) >= 11 is 0. The highest BCUT2D eigenvalue weighted by Gasteiger charge is 2.20. The summed E-state index contributed by atoms with van der Waals surface area (Å²) in [5.41, 5.74) is 0.0695. The molecule has 3 aromatic heterocycles. The maximum absolute atomic E-state index is 12.7. The molecule has 0 radical (unpaired) electrons. The molecule has 2 N–H and O–H groups in total. The minimum atomic E-state index is -0.500. The zero-order chi connectivity index (χ0) is 25.7. The van der Waals surface area contributed by atoms with Gasteiger partial charge in [-0.3, -0.25) is 19.1 Å². The lowest BCUT2D eigenvalue weighted by Crippen LogP contribution is -2.31. The standard InChI is InChI=1S/C24H33N5O6/c1-6-7-10-28-21-20(22(31)27-24(28)33)29(13-14(2)3)18(26-21)8-9-19(30)25-12-16-11-17(15(4)35-16)23(32)34-5/h11,14H,6-10,12-13H2,1-5H3,(H,25,30)(H,27,31,33). The van der Waals surface area contributed by atoms with Crippen LogP contribution in [0.4, 0.5) is 0 Å². The third-order valence-corrected chi connectivity index (χ3v) is 5.66. The smallest absolute Gasteiger partial charge is 0.341 e. The molecule has 1 amide bonds. The van der Waals surface area contributed by atoms with E-state index in [0.717, 1.165) is 12.8 Å². The van der Waals surface area contributed by atoms with Gasteiger partial charge in [-0.15, -0.1) is 0 Å². The van der Waals surface area contributed by atoms with Crippen molar-refractivity contribution >= 4 is 23.0 Å². The Morgan fingerprint density at radius 3 is 2.66 bits per heavy atom. The van der Waals surface area contributed by atoms with Gasteiger partial charge in [0.05, 0.1) is 13.7 Å². The lowest BCUT2D eigenvalue weighted by molar-refractivity contribution is -0.121. The van der Waals surface area contributed by atoms with Crippen molar-refractivity contribution in [2.75, 3.05) is 7.11 Å². The average molecular weight is 488 g/mol. The number of nitrogens with zero attached hydrogens (tertiary/aromatic N) is 3. The van der Waals surface area contributed by atoms with Crippen LogP contribution in [0.5, 0.6) is 0 Å². The second-order valence-electron chi connectivity index (χ2n) is 8.92. The minimum Gasteiger partial charge on any atom is -0.465 e. The number of rotatable bonds is 11. The maximum atomic E-state index is 12.7. The van der Waals surface area contributed by atoms with Gasteiger partial charge in [-0.1, -0.05) is 27.2 Å². The molecule has 0 atom stereocenters. The molecule has 3 heterocycles. The van der Waals surface area contributed by atoms with Gasteiger partial charge in [0, 0.05) is 25.9 Å². The topological polar surface area (TPSA) is 141 Å². The van der Waals surface area contributed by atoms with Crippen molar-refractivity contribution in [3.63, 3.8) is 0 Å². The Balaban J connectivity index is 1.79. The number of fused-ring (bicyclic) bond motifs is 1. The first-order valence-electron chi connectivity index (χ1n) is 11.8. The van der Waals surface area contributed by atoms with E-state index in [1.807, 2.05) is 25.3 Å². The van der Waals surface area contributed by atoms with E-state index in [9.17, 15) is 19.2 Å². The van der Waals surface area contributed by atoms with Gasteiger partial charge in [-0.2, -0.15) is 0 Å². The maximum Gasteiger partial charge on any atom is 0.341 e. The van der Waals surface area contributed by atoms with Crippen LogP contribution >= 0.6 is 0 Å². The Kier molecular flexibility index (Phi) is 8.31. The summed E-state index contributed by atoms with van der Waals surface area (Å²) in [6.45, 7) is 8.83. The molecular formula is C24H33N5O6. The number of hydrogen-bond acceptors (Lipinski definition) is 7. The van der Waals surface area contributed by atoms with Crippen molar-refractivity contribution in [1.29, 1.82) is 0 Å². The van der Waals surface area contributed by atoms with Crippen LogP contribution in [0.3, 0.4) is 0 Å². The van der Waals surface area contributed by atoms with Gasteiger partial charge < -0.3 is 19.0 Å². The first-order valence-corrected chi connectivity index (χ1v) is 11.8. The van der Waals surface area contributed by atoms with E-state index >= 15 is 0 Å². The van der Waals surface area contributed by atoms with Crippen LogP contribution < -0.4 is 16.6 Å². The molecule has 0 fully saturated rings. The highest BCUT2D eigenvalue weighted by molar-refractivity contribution is 5.90. The van der Waals surface area contributed by atoms with Crippen LogP contribution in [0.2, 0.25) is 0 Å². The Morgan fingerprint density at radius 2 is 2.00 bits per heavy atom. The van der Waals surface area contributed by atoms with Crippen molar-refractivity contribution < 1.29 is 18.7 Å². The van der Waals surface area contributed by atoms with E-state index in [1.54, 1.807) is 13.0 Å². The summed E-state index contributed by atoms with van der Waals surface area (Å²) < 4.78 is 13.5. The van der Waals surface area contributed by atoms with Crippen molar-refractivity contribution in [3.8, 4) is 0 Å². The van der Waals surface area contributed by atoms with E-state index < -0.39 is 17.2 Å². The number of amides is 1. The number of aryl methyl sites for hydroxylation is 3. The minimum absolute atomic E-state index is 0.120. The molecular weight excluding hydrogens is 454 g/mol. The van der Waals surface area contributed by atoms with E-state index in [2.05, 4.69) is 15.3 Å². The van der Waals surface area contributed by atoms with Crippen LogP contribution in [0, 0.1) is 12.8 Å². The van der Waals surface area contributed by atoms with Gasteiger partial charge in [0.15, 0.2) is 11.2 Å². The van der Waals surface area contributed by atoms with Gasteiger partial charge in [0.2, 0.25) is 5.91 Å². The molecule has 0 unspecified atom stereocenters. The molecule has 11 heteroatoms. The van der Waals surface area contributed by atoms with Gasteiger partial charge >= 0.3 is 11.7 Å². The number of aromatic nitrogens is 4. The predicted molar refractivity (Wildman–Crippen MR) is 129 cm³/mol. The number of nitrogens with one attached hydrogen (secondary N) is 2. The largest absolute Gasteiger partial charge is 0.465 e. The number of methoxy groups -OCH3 is 1. The van der Waals surface area contributed by atoms with Gasteiger partial charge in [-0.25, -0.2) is 14.6 Å². The lowest BCUT2D eigenvalue weighted by Gasteiger charge is -2.11. The van der Waals surface area contributed by atoms with Crippen molar-refractivity contribution in [2.24, 2.45) is 5.92 Å². The number of ether oxygens (including phenoxy) is 1. The highest BCUT2D eigenvalue weighted by Crippen LogP contribution is 2.17. The van der Waals surface area contributed by atoms with Crippen LogP contribution in [0.15, 0.2) is 20.1 Å². The van der Waals surface area contributed by atoms with E-state index in [1.165, 1.54) is 11.7 Å². The van der Waals surface area contributed by atoms with Gasteiger partial charge in [0.1, 0.15) is 22.9 Å². The Hall–Kier alpha value is -3.63. The van der Waals surface area contributed by atoms with Crippen molar-refractivity contribution in [3.05, 3.63) is 49.8 Å². The van der Waals surface area contributed by atoms with Crippen LogP contribution in [-0.4, -0.2) is 38.1 Å². The van der Waals surface area contributed by atoms with Crippen LogP contribution in [-0.2, 0) is 35.6 Å². The summed E-state index contributed by atoms with van der Waals surface area (Å²) in [4.78, 5) is 56.4. The van der Waals surface area contributed by atoms with E-state index in [0.29, 0.717) is 53.6 Å². The summed E-state index contributed by atoms with van der Waals surface area (Å²) in [5.74, 6) is 0.922. The number of furan rings is 1. The molecule has 3 rings (SSSR count). The quantitative estimate of drug-likeness (QED) is 0.395. The van der Waals surface area contributed by atoms with E-state index in [-0.39, 0.29) is 24.8 Å². The zero-order valence-electron chi connectivity index (χ0n) is 20.9. The van der Waals surface area contributed by atoms with Crippen LogP contribution in [0.25, 0.3) is 11.2 Å². The molecule has 0 aliphatic carbocycles. The van der Waals surface area contributed by atoms with Crippen LogP contribution in [0.1, 0.15) is 67.7 Å². The molecule has 0 spiro atoms. The summed E-state index contributed by atoms with van der Waals surface area (Å²) in [6.07, 6.45) is 2.09. The summed E-state index contributed by atoms with van der Waals surface area (Å²) in [6, 6.07) is 1.55. The monoisotopic (exact) mass is 487 g/mol. The molecule has 0 aromatic carbocycles. The fraction of sp³-hybridized carbons (Fsp3) is 0.542. The Bertz CT molecular complexity index is 1330. The first-order chi connectivity index (χ1) is 16.7. The molecule has 35 heavy (non-hydrogen) atoms. The normalized spacial score (nSPS) is 11.4. The number of carbonyl (C=O) groups is 2. The number of aromatic amines is 1. The summed E-state index contributed by atoms with van der Waals surface area (Å²) in [5, 5.41) is 2.78. The number of unbranched alkanes of at least 4 members (excludes halogenated alkanes) is 1. The summed E-state index contributed by atoms with van der Waals surface area (Å²) in [7, 11) is 1.29. The highest BCUT2D eigenvalue weighted by atomic mass is 16.5. The van der Waals surface area contributed by atoms with Gasteiger partial charge in [-0.05, 0) is 25.3 Å². The molecule has 0 saturated heterocycles. The third-order valence-electron chi connectivity index (χ3n) is 5.66. The number of H-pyrrole nitrogens is 1. The Morgan fingerprint density at radius 1 is 1.26 bits per heavy atom. The first kappa shape index (κ1) is 26.0. The molecule has 3 aromatic rings. The lowest BCUT2D eigenvalue weighted by atomic mass is 10.2. The number of imidazole rings is 1. The zero-order valence-corrected chi connectivity index (χ0v) is 20.9. The molecule has 0 bridgehead atoms. The SMILES string of the molecule is CCCCn1c(=O)[nH]c(=O)c2c1nc(CCC(=O)NCc1cc(C(=O)OC)c(C)o1)n2CC(C)C. The average Bonchev–Trinajstić information content (AvgIpc) is 3.35. The second kappa shape index (κ2) is 11.2.